The van der Waals surface area contributed by atoms with Gasteiger partial charge < -0.3 is 0 Å². The third-order valence-corrected chi connectivity index (χ3v) is 4.46. The minimum absolute atomic E-state index is 0.0842. The predicted octanol–water partition coefficient (Wildman–Crippen LogP) is 4.62. The van der Waals surface area contributed by atoms with Gasteiger partial charge in [0.2, 0.25) is 0 Å². The molecule has 0 N–H and O–H groups in total. The Balaban J connectivity index is 2.13. The lowest BCUT2D eigenvalue weighted by molar-refractivity contribution is 0.471. The molecule has 3 rings (SSSR count). The molecule has 0 aromatic heterocycles. The Morgan fingerprint density at radius 3 is 2.25 bits per heavy atom. The third kappa shape index (κ3) is 2.18. The number of hydrogen-bond acceptors (Lipinski definition) is 1. The molecule has 2 aromatic carbocycles. The lowest BCUT2D eigenvalue weighted by Crippen LogP contribution is -2.39. The van der Waals surface area contributed by atoms with E-state index in [9.17, 15) is 0 Å². The van der Waals surface area contributed by atoms with Crippen molar-refractivity contribution in [3.8, 4) is 0 Å². The molecular weight excluding hydrogens is 242 g/mol. The maximum atomic E-state index is 4.92. The molecule has 1 unspecified atom stereocenters. The fourth-order valence-electron chi connectivity index (χ4n) is 3.39. The van der Waals surface area contributed by atoms with Gasteiger partial charge in [0.1, 0.15) is 0 Å². The summed E-state index contributed by atoms with van der Waals surface area (Å²) in [6.07, 6.45) is 3.48. The highest BCUT2D eigenvalue weighted by Gasteiger charge is 2.37. The summed E-state index contributed by atoms with van der Waals surface area (Å²) in [5.41, 5.74) is 4.04. The van der Waals surface area contributed by atoms with E-state index >= 15 is 0 Å². The first kappa shape index (κ1) is 13.1. The molecule has 0 amide bonds. The van der Waals surface area contributed by atoms with Crippen LogP contribution in [0.1, 0.15) is 37.3 Å². The van der Waals surface area contributed by atoms with E-state index in [1.165, 1.54) is 29.7 Å². The molecule has 0 radical (unpaired) electrons. The second-order valence-electron chi connectivity index (χ2n) is 5.50. The van der Waals surface area contributed by atoms with Crippen LogP contribution in [0.5, 0.6) is 0 Å². The molecule has 0 spiro atoms. The zero-order valence-electron chi connectivity index (χ0n) is 12.0. The first-order valence-electron chi connectivity index (χ1n) is 7.53. The van der Waals surface area contributed by atoms with E-state index in [0.717, 1.165) is 13.0 Å². The Kier molecular flexibility index (Phi) is 3.68. The van der Waals surface area contributed by atoms with Gasteiger partial charge in [0.05, 0.1) is 5.71 Å². The van der Waals surface area contributed by atoms with Gasteiger partial charge in [-0.2, -0.15) is 0 Å². The van der Waals surface area contributed by atoms with Gasteiger partial charge in [-0.3, -0.25) is 4.99 Å². The number of hydrogen-bond donors (Lipinski definition) is 0. The molecule has 0 bridgehead atoms. The van der Waals surface area contributed by atoms with Crippen LogP contribution in [0, 0.1) is 0 Å². The fourth-order valence-corrected chi connectivity index (χ4v) is 3.39. The molecule has 20 heavy (non-hydrogen) atoms. The summed E-state index contributed by atoms with van der Waals surface area (Å²) in [6.45, 7) is 3.25. The minimum Gasteiger partial charge on any atom is -0.288 e. The summed E-state index contributed by atoms with van der Waals surface area (Å²) in [4.78, 5) is 4.92. The fraction of sp³-hybridized carbons (Fsp3) is 0.316. The standard InChI is InChI=1S/C19H21N/c1-2-19(17-12-7-4-8-13-17)14-9-15-20-18(19)16-10-5-3-6-11-16/h3-8,10-13H,2,9,14-15H2,1H3. The lowest BCUT2D eigenvalue weighted by Gasteiger charge is -2.38. The van der Waals surface area contributed by atoms with E-state index in [1.807, 2.05) is 0 Å². The van der Waals surface area contributed by atoms with Crippen LogP contribution >= 0.6 is 0 Å². The minimum atomic E-state index is 0.0842. The molecule has 102 valence electrons. The molecule has 1 nitrogen and oxygen atoms in total. The van der Waals surface area contributed by atoms with Crippen LogP contribution in [-0.2, 0) is 5.41 Å². The first-order valence-corrected chi connectivity index (χ1v) is 7.53. The van der Waals surface area contributed by atoms with Gasteiger partial charge in [-0.25, -0.2) is 0 Å². The molecular formula is C19H21N. The van der Waals surface area contributed by atoms with Crippen molar-refractivity contribution in [2.24, 2.45) is 4.99 Å². The molecule has 0 fully saturated rings. The van der Waals surface area contributed by atoms with E-state index in [2.05, 4.69) is 67.6 Å². The average Bonchev–Trinajstić information content (AvgIpc) is 2.56. The summed E-state index contributed by atoms with van der Waals surface area (Å²) in [6, 6.07) is 21.6. The highest BCUT2D eigenvalue weighted by atomic mass is 14.8. The van der Waals surface area contributed by atoms with Gasteiger partial charge in [0.25, 0.3) is 0 Å². The van der Waals surface area contributed by atoms with Crippen molar-refractivity contribution in [1.29, 1.82) is 0 Å². The van der Waals surface area contributed by atoms with E-state index in [1.54, 1.807) is 0 Å². The van der Waals surface area contributed by atoms with Gasteiger partial charge in [-0.05, 0) is 30.4 Å². The van der Waals surface area contributed by atoms with Crippen LogP contribution in [0.2, 0.25) is 0 Å². The van der Waals surface area contributed by atoms with Gasteiger partial charge in [-0.1, -0.05) is 67.6 Å². The van der Waals surface area contributed by atoms with Crippen molar-refractivity contribution in [2.75, 3.05) is 6.54 Å². The van der Waals surface area contributed by atoms with Crippen LogP contribution in [0.3, 0.4) is 0 Å². The predicted molar refractivity (Wildman–Crippen MR) is 85.5 cm³/mol. The zero-order valence-corrected chi connectivity index (χ0v) is 12.0. The normalized spacial score (nSPS) is 22.4. The van der Waals surface area contributed by atoms with Crippen molar-refractivity contribution >= 4 is 5.71 Å². The van der Waals surface area contributed by atoms with E-state index in [-0.39, 0.29) is 5.41 Å². The number of aliphatic imine (C=N–C) groups is 1. The quantitative estimate of drug-likeness (QED) is 0.766. The van der Waals surface area contributed by atoms with E-state index in [4.69, 9.17) is 4.99 Å². The summed E-state index contributed by atoms with van der Waals surface area (Å²) >= 11 is 0. The maximum absolute atomic E-state index is 4.92. The Bertz CT molecular complexity index is 586. The molecule has 1 aliphatic heterocycles. The molecule has 1 heterocycles. The van der Waals surface area contributed by atoms with Crippen molar-refractivity contribution in [1.82, 2.24) is 0 Å². The molecule has 2 aromatic rings. The van der Waals surface area contributed by atoms with Gasteiger partial charge in [-0.15, -0.1) is 0 Å². The van der Waals surface area contributed by atoms with Gasteiger partial charge in [0.15, 0.2) is 0 Å². The van der Waals surface area contributed by atoms with Crippen molar-refractivity contribution in [3.63, 3.8) is 0 Å². The number of benzene rings is 2. The summed E-state index contributed by atoms with van der Waals surface area (Å²) < 4.78 is 0. The SMILES string of the molecule is CCC1(c2ccccc2)CCCN=C1c1ccccc1. The van der Waals surface area contributed by atoms with Gasteiger partial charge in [0, 0.05) is 12.0 Å². The van der Waals surface area contributed by atoms with Crippen LogP contribution in [0.15, 0.2) is 65.7 Å². The van der Waals surface area contributed by atoms with Crippen molar-refractivity contribution in [3.05, 3.63) is 71.8 Å². The van der Waals surface area contributed by atoms with Crippen LogP contribution in [0.25, 0.3) is 0 Å². The Morgan fingerprint density at radius 1 is 0.950 bits per heavy atom. The molecule has 1 atom stereocenters. The first-order chi connectivity index (χ1) is 9.87. The summed E-state index contributed by atoms with van der Waals surface area (Å²) in [7, 11) is 0. The average molecular weight is 263 g/mol. The summed E-state index contributed by atoms with van der Waals surface area (Å²) in [5, 5.41) is 0. The highest BCUT2D eigenvalue weighted by Crippen LogP contribution is 2.39. The zero-order chi connectivity index (χ0) is 13.8. The van der Waals surface area contributed by atoms with Crippen molar-refractivity contribution in [2.45, 2.75) is 31.6 Å². The maximum Gasteiger partial charge on any atom is 0.0526 e. The third-order valence-electron chi connectivity index (χ3n) is 4.46. The summed E-state index contributed by atoms with van der Waals surface area (Å²) in [5.74, 6) is 0. The molecule has 0 aliphatic carbocycles. The van der Waals surface area contributed by atoms with Crippen LogP contribution in [0.4, 0.5) is 0 Å². The molecule has 0 saturated carbocycles. The Hall–Kier alpha value is -1.89. The molecule has 1 aliphatic rings. The van der Waals surface area contributed by atoms with Crippen LogP contribution < -0.4 is 0 Å². The molecule has 1 heteroatoms. The largest absolute Gasteiger partial charge is 0.288 e. The smallest absolute Gasteiger partial charge is 0.0526 e. The monoisotopic (exact) mass is 263 g/mol. The topological polar surface area (TPSA) is 12.4 Å². The second kappa shape index (κ2) is 5.62. The Labute approximate surface area is 121 Å². The van der Waals surface area contributed by atoms with E-state index < -0.39 is 0 Å². The molecule has 0 saturated heterocycles. The number of nitrogens with zero attached hydrogens (tertiary/aromatic N) is 1. The number of rotatable bonds is 3. The van der Waals surface area contributed by atoms with E-state index in [0.29, 0.717) is 0 Å². The Morgan fingerprint density at radius 2 is 1.60 bits per heavy atom. The highest BCUT2D eigenvalue weighted by molar-refractivity contribution is 6.08. The lowest BCUT2D eigenvalue weighted by atomic mass is 9.68. The van der Waals surface area contributed by atoms with Gasteiger partial charge >= 0.3 is 0 Å². The second-order valence-corrected chi connectivity index (χ2v) is 5.50. The van der Waals surface area contributed by atoms with Crippen molar-refractivity contribution < 1.29 is 0 Å². The van der Waals surface area contributed by atoms with Crippen LogP contribution in [-0.4, -0.2) is 12.3 Å².